The summed E-state index contributed by atoms with van der Waals surface area (Å²) in [4.78, 5) is 38.2. The molecule has 1 atom stereocenters. The maximum absolute atomic E-state index is 13.2. The van der Waals surface area contributed by atoms with Gasteiger partial charge in [0.2, 0.25) is 0 Å². The molecule has 220 valence electrons. The van der Waals surface area contributed by atoms with Crippen LogP contribution in [0.3, 0.4) is 0 Å². The standard InChI is InChI=1S/C26H27ClF6N2O5/c1-13(2)8-19(35-23(38)40-24(3,4)5)22(37)39-20-7-6-16(27)12-18(20)21(36)34-17-10-14(25(28,29)30)9-15(11-17)26(31,32)33/h6-7,9-13,19H,8H2,1-5H3,(H,34,36)(H,35,38)/t19-/m0/s1. The topological polar surface area (TPSA) is 93.7 Å². The lowest BCUT2D eigenvalue weighted by atomic mass is 10.0. The van der Waals surface area contributed by atoms with Crippen LogP contribution in [-0.2, 0) is 21.9 Å². The molecular formula is C26H27ClF6N2O5. The number of alkyl carbamates (subject to hydrolysis) is 1. The van der Waals surface area contributed by atoms with Gasteiger partial charge in [-0.25, -0.2) is 9.59 Å². The minimum Gasteiger partial charge on any atom is -0.444 e. The Hall–Kier alpha value is -3.48. The van der Waals surface area contributed by atoms with Gasteiger partial charge < -0.3 is 20.1 Å². The Labute approximate surface area is 231 Å². The normalized spacial score (nSPS) is 13.0. The van der Waals surface area contributed by atoms with E-state index in [0.29, 0.717) is 12.1 Å². The fraction of sp³-hybridized carbons (Fsp3) is 0.423. The van der Waals surface area contributed by atoms with E-state index in [4.69, 9.17) is 21.1 Å². The van der Waals surface area contributed by atoms with Crippen LogP contribution in [0.1, 0.15) is 62.5 Å². The van der Waals surface area contributed by atoms with Crippen molar-refractivity contribution >= 4 is 35.3 Å². The third-order valence-corrected chi connectivity index (χ3v) is 5.16. The van der Waals surface area contributed by atoms with E-state index in [1.807, 2.05) is 5.32 Å². The predicted molar refractivity (Wildman–Crippen MR) is 134 cm³/mol. The van der Waals surface area contributed by atoms with Crippen molar-refractivity contribution in [3.63, 3.8) is 0 Å². The number of benzene rings is 2. The van der Waals surface area contributed by atoms with Gasteiger partial charge in [0.05, 0.1) is 16.7 Å². The number of ether oxygens (including phenoxy) is 2. The van der Waals surface area contributed by atoms with E-state index < -0.39 is 70.1 Å². The number of alkyl halides is 6. The van der Waals surface area contributed by atoms with Crippen LogP contribution in [0.5, 0.6) is 5.75 Å². The molecule has 0 unspecified atom stereocenters. The van der Waals surface area contributed by atoms with Crippen molar-refractivity contribution in [1.82, 2.24) is 5.32 Å². The fourth-order valence-electron chi connectivity index (χ4n) is 3.31. The van der Waals surface area contributed by atoms with Crippen LogP contribution < -0.4 is 15.4 Å². The molecule has 2 amide bonds. The molecule has 40 heavy (non-hydrogen) atoms. The average Bonchev–Trinajstić information content (AvgIpc) is 2.76. The number of esters is 1. The molecule has 0 aliphatic rings. The monoisotopic (exact) mass is 596 g/mol. The van der Waals surface area contributed by atoms with Gasteiger partial charge >= 0.3 is 24.4 Å². The van der Waals surface area contributed by atoms with E-state index >= 15 is 0 Å². The molecule has 0 saturated carbocycles. The molecule has 7 nitrogen and oxygen atoms in total. The summed E-state index contributed by atoms with van der Waals surface area (Å²) in [6, 6.07) is 2.71. The number of hydrogen-bond donors (Lipinski definition) is 2. The van der Waals surface area contributed by atoms with Gasteiger partial charge in [-0.15, -0.1) is 0 Å². The number of rotatable bonds is 7. The van der Waals surface area contributed by atoms with E-state index in [1.54, 1.807) is 34.6 Å². The maximum Gasteiger partial charge on any atom is 0.416 e. The highest BCUT2D eigenvalue weighted by atomic mass is 35.5. The zero-order valence-corrected chi connectivity index (χ0v) is 22.8. The molecule has 2 rings (SSSR count). The molecule has 0 spiro atoms. The number of carbonyl (C=O) groups is 3. The fourth-order valence-corrected chi connectivity index (χ4v) is 3.48. The molecule has 0 radical (unpaired) electrons. The lowest BCUT2D eigenvalue weighted by Crippen LogP contribution is -2.46. The molecule has 0 aromatic heterocycles. The zero-order valence-electron chi connectivity index (χ0n) is 22.0. The molecule has 0 aliphatic heterocycles. The van der Waals surface area contributed by atoms with Crippen LogP contribution in [0, 0.1) is 5.92 Å². The highest BCUT2D eigenvalue weighted by Gasteiger charge is 2.37. The van der Waals surface area contributed by atoms with E-state index in [-0.39, 0.29) is 23.4 Å². The maximum atomic E-state index is 13.2. The summed E-state index contributed by atoms with van der Waals surface area (Å²) < 4.78 is 89.7. The van der Waals surface area contributed by atoms with Crippen molar-refractivity contribution < 1.29 is 50.2 Å². The second kappa shape index (κ2) is 12.4. The highest BCUT2D eigenvalue weighted by Crippen LogP contribution is 2.38. The number of halogens is 7. The van der Waals surface area contributed by atoms with Crippen LogP contribution in [0.15, 0.2) is 36.4 Å². The zero-order chi connectivity index (χ0) is 30.6. The first-order chi connectivity index (χ1) is 18.2. The van der Waals surface area contributed by atoms with Crippen LogP contribution in [-0.4, -0.2) is 29.6 Å². The van der Waals surface area contributed by atoms with Crippen molar-refractivity contribution in [1.29, 1.82) is 0 Å². The molecule has 2 aromatic rings. The molecule has 14 heteroatoms. The third-order valence-electron chi connectivity index (χ3n) is 4.92. The first-order valence-electron chi connectivity index (χ1n) is 11.8. The Morgan fingerprint density at radius 3 is 1.93 bits per heavy atom. The summed E-state index contributed by atoms with van der Waals surface area (Å²) in [5.74, 6) is -2.73. The Balaban J connectivity index is 2.39. The third kappa shape index (κ3) is 9.92. The van der Waals surface area contributed by atoms with Crippen molar-refractivity contribution in [2.75, 3.05) is 5.32 Å². The summed E-state index contributed by atoms with van der Waals surface area (Å²) >= 11 is 5.94. The van der Waals surface area contributed by atoms with Gasteiger partial charge in [0.1, 0.15) is 17.4 Å². The summed E-state index contributed by atoms with van der Waals surface area (Å²) in [5.41, 5.74) is -5.42. The average molecular weight is 597 g/mol. The van der Waals surface area contributed by atoms with Crippen molar-refractivity contribution in [3.8, 4) is 5.75 Å². The van der Waals surface area contributed by atoms with Crippen LogP contribution >= 0.6 is 11.6 Å². The quantitative estimate of drug-likeness (QED) is 0.196. The van der Waals surface area contributed by atoms with Crippen LogP contribution in [0.2, 0.25) is 5.02 Å². The van der Waals surface area contributed by atoms with Gasteiger partial charge in [-0.05, 0) is 69.5 Å². The number of carbonyl (C=O) groups excluding carboxylic acids is 3. The van der Waals surface area contributed by atoms with E-state index in [1.165, 1.54) is 6.07 Å². The van der Waals surface area contributed by atoms with Crippen LogP contribution in [0.25, 0.3) is 0 Å². The van der Waals surface area contributed by atoms with Gasteiger partial charge in [-0.3, -0.25) is 4.79 Å². The minimum atomic E-state index is -5.13. The summed E-state index contributed by atoms with van der Waals surface area (Å²) in [7, 11) is 0. The first kappa shape index (κ1) is 32.7. The number of anilines is 1. The predicted octanol–water partition coefficient (Wildman–Crippen LogP) is 7.47. The van der Waals surface area contributed by atoms with Crippen LogP contribution in [0.4, 0.5) is 36.8 Å². The van der Waals surface area contributed by atoms with Crippen molar-refractivity contribution in [2.24, 2.45) is 5.92 Å². The Kier molecular flexibility index (Phi) is 10.1. The van der Waals surface area contributed by atoms with E-state index in [0.717, 1.165) is 12.1 Å². The molecule has 0 aliphatic carbocycles. The Bertz CT molecular complexity index is 1220. The summed E-state index contributed by atoms with van der Waals surface area (Å²) in [6.07, 6.45) is -11.1. The van der Waals surface area contributed by atoms with Gasteiger partial charge in [-0.1, -0.05) is 25.4 Å². The number of nitrogens with one attached hydrogen (secondary N) is 2. The Morgan fingerprint density at radius 1 is 0.900 bits per heavy atom. The largest absolute Gasteiger partial charge is 0.444 e. The number of hydrogen-bond acceptors (Lipinski definition) is 5. The number of amides is 2. The summed E-state index contributed by atoms with van der Waals surface area (Å²) in [6.45, 7) is 8.38. The van der Waals surface area contributed by atoms with E-state index in [9.17, 15) is 40.7 Å². The van der Waals surface area contributed by atoms with Gasteiger partial charge in [0.15, 0.2) is 0 Å². The lowest BCUT2D eigenvalue weighted by Gasteiger charge is -2.24. The molecule has 0 bridgehead atoms. The summed E-state index contributed by atoms with van der Waals surface area (Å²) in [5, 5.41) is 4.31. The second-order valence-electron chi connectivity index (χ2n) is 10.1. The Morgan fingerprint density at radius 2 is 1.45 bits per heavy atom. The van der Waals surface area contributed by atoms with Crippen molar-refractivity contribution in [2.45, 2.75) is 65.0 Å². The first-order valence-corrected chi connectivity index (χ1v) is 12.1. The molecule has 0 saturated heterocycles. The van der Waals surface area contributed by atoms with E-state index in [2.05, 4.69) is 5.32 Å². The molecule has 0 heterocycles. The molecule has 2 aromatic carbocycles. The SMILES string of the molecule is CC(C)C[C@H](NC(=O)OC(C)(C)C)C(=O)Oc1ccc(Cl)cc1C(=O)Nc1cc(C(F)(F)F)cc(C(F)(F)F)c1. The van der Waals surface area contributed by atoms with Crippen molar-refractivity contribution in [3.05, 3.63) is 58.1 Å². The molecule has 0 fully saturated rings. The van der Waals surface area contributed by atoms with Gasteiger partial charge in [0.25, 0.3) is 5.91 Å². The molecule has 2 N–H and O–H groups in total. The highest BCUT2D eigenvalue weighted by molar-refractivity contribution is 6.31. The van der Waals surface area contributed by atoms with Gasteiger partial charge in [-0.2, -0.15) is 26.3 Å². The minimum absolute atomic E-state index is 0.0458. The van der Waals surface area contributed by atoms with Gasteiger partial charge in [0, 0.05) is 10.7 Å². The smallest absolute Gasteiger partial charge is 0.416 e. The lowest BCUT2D eigenvalue weighted by molar-refractivity contribution is -0.143. The molecular weight excluding hydrogens is 570 g/mol. The second-order valence-corrected chi connectivity index (χ2v) is 10.6.